The Morgan fingerprint density at radius 2 is 1.96 bits per heavy atom. The lowest BCUT2D eigenvalue weighted by Crippen LogP contribution is -2.59. The van der Waals surface area contributed by atoms with Crippen LogP contribution >= 0.6 is 11.3 Å². The van der Waals surface area contributed by atoms with Crippen LogP contribution in [-0.2, 0) is 6.54 Å². The van der Waals surface area contributed by atoms with Crippen LogP contribution < -0.4 is 5.32 Å². The molecule has 4 atom stereocenters. The maximum atomic E-state index is 3.91. The van der Waals surface area contributed by atoms with Gasteiger partial charge in [-0.3, -0.25) is 0 Å². The van der Waals surface area contributed by atoms with Gasteiger partial charge in [0.25, 0.3) is 0 Å². The summed E-state index contributed by atoms with van der Waals surface area (Å²) in [5.41, 5.74) is 2.24. The fraction of sp³-hybridized carbons (Fsp3) is 0.810. The minimum atomic E-state index is 0.606. The van der Waals surface area contributed by atoms with Gasteiger partial charge in [-0.05, 0) is 71.8 Å². The fourth-order valence-electron chi connectivity index (χ4n) is 5.79. The van der Waals surface area contributed by atoms with Gasteiger partial charge in [0.1, 0.15) is 0 Å². The van der Waals surface area contributed by atoms with Crippen LogP contribution in [0.4, 0.5) is 0 Å². The van der Waals surface area contributed by atoms with Crippen LogP contribution in [0.15, 0.2) is 11.4 Å². The van der Waals surface area contributed by atoms with E-state index < -0.39 is 0 Å². The van der Waals surface area contributed by atoms with Crippen LogP contribution in [0.25, 0.3) is 0 Å². The molecule has 1 aromatic heterocycles. The quantitative estimate of drug-likeness (QED) is 0.718. The molecule has 4 saturated carbocycles. The monoisotopic (exact) mass is 331 g/mol. The molecule has 0 aliphatic heterocycles. The zero-order valence-electron chi connectivity index (χ0n) is 15.1. The predicted octanol–water partition coefficient (Wildman–Crippen LogP) is 5.96. The van der Waals surface area contributed by atoms with E-state index in [1.54, 1.807) is 10.4 Å². The second kappa shape index (κ2) is 6.19. The average Bonchev–Trinajstić information content (AvgIpc) is 3.03. The summed E-state index contributed by atoms with van der Waals surface area (Å²) >= 11 is 1.98. The summed E-state index contributed by atoms with van der Waals surface area (Å²) in [5, 5.41) is 6.36. The first-order valence-electron chi connectivity index (χ1n) is 9.86. The Morgan fingerprint density at radius 1 is 1.17 bits per heavy atom. The van der Waals surface area contributed by atoms with Crippen molar-refractivity contribution < 1.29 is 0 Å². The lowest BCUT2D eigenvalue weighted by molar-refractivity contribution is -0.115. The molecule has 4 fully saturated rings. The van der Waals surface area contributed by atoms with Crippen LogP contribution in [-0.4, -0.2) is 6.04 Å². The van der Waals surface area contributed by atoms with Gasteiger partial charge in [0.2, 0.25) is 0 Å². The lowest BCUT2D eigenvalue weighted by atomic mass is 9.45. The molecule has 2 bridgehead atoms. The van der Waals surface area contributed by atoms with Crippen molar-refractivity contribution in [2.75, 3.05) is 0 Å². The molecule has 5 rings (SSSR count). The van der Waals surface area contributed by atoms with Crippen molar-refractivity contribution in [3.05, 3.63) is 21.9 Å². The van der Waals surface area contributed by atoms with E-state index in [0.717, 1.165) is 36.3 Å². The number of rotatable bonds is 4. The summed E-state index contributed by atoms with van der Waals surface area (Å²) in [4.78, 5) is 1.55. The summed E-state index contributed by atoms with van der Waals surface area (Å²) in [7, 11) is 0. The van der Waals surface area contributed by atoms with Crippen molar-refractivity contribution in [2.45, 2.75) is 84.2 Å². The number of hydrogen-bond donors (Lipinski definition) is 1. The summed E-state index contributed by atoms with van der Waals surface area (Å²) in [6, 6.07) is 3.25. The summed E-state index contributed by atoms with van der Waals surface area (Å²) in [5.74, 6) is 3.60. The highest BCUT2D eigenvalue weighted by Crippen LogP contribution is 2.61. The van der Waals surface area contributed by atoms with Crippen molar-refractivity contribution in [1.82, 2.24) is 5.32 Å². The number of thiophene rings is 1. The molecule has 4 aliphatic carbocycles. The zero-order chi connectivity index (χ0) is 16.0. The Kier molecular flexibility index (Phi) is 4.34. The Bertz CT molecular complexity index is 540. The molecular weight excluding hydrogens is 298 g/mol. The topological polar surface area (TPSA) is 12.0 Å². The molecule has 0 aromatic carbocycles. The molecule has 0 radical (unpaired) electrons. The van der Waals surface area contributed by atoms with E-state index in [9.17, 15) is 0 Å². The first-order chi connectivity index (χ1) is 11.1. The third-order valence-electron chi connectivity index (χ3n) is 7.64. The third kappa shape index (κ3) is 2.91. The highest BCUT2D eigenvalue weighted by molar-refractivity contribution is 7.10. The predicted molar refractivity (Wildman–Crippen MR) is 99.9 cm³/mol. The maximum absolute atomic E-state index is 3.91. The number of hydrogen-bond acceptors (Lipinski definition) is 2. The highest BCUT2D eigenvalue weighted by Gasteiger charge is 2.55. The third-order valence-corrected chi connectivity index (χ3v) is 8.60. The van der Waals surface area contributed by atoms with E-state index in [1.807, 2.05) is 11.3 Å². The van der Waals surface area contributed by atoms with Crippen LogP contribution in [0, 0.1) is 23.2 Å². The zero-order valence-corrected chi connectivity index (χ0v) is 15.9. The van der Waals surface area contributed by atoms with Crippen LogP contribution in [0.5, 0.6) is 0 Å². The van der Waals surface area contributed by atoms with Gasteiger partial charge in [-0.15, -0.1) is 11.3 Å². The summed E-state index contributed by atoms with van der Waals surface area (Å²) in [6.45, 7) is 8.57. The Labute approximate surface area is 146 Å². The van der Waals surface area contributed by atoms with Gasteiger partial charge in [0.05, 0.1) is 0 Å². The van der Waals surface area contributed by atoms with Gasteiger partial charge in [-0.25, -0.2) is 0 Å². The lowest BCUT2D eigenvalue weighted by Gasteiger charge is -2.62. The normalized spacial score (nSPS) is 36.7. The second-order valence-corrected chi connectivity index (χ2v) is 10.1. The first-order valence-corrected chi connectivity index (χ1v) is 10.7. The van der Waals surface area contributed by atoms with Gasteiger partial charge in [0, 0.05) is 17.5 Å². The highest BCUT2D eigenvalue weighted by atomic mass is 32.1. The number of fused-ring (bicyclic) bond motifs is 2. The van der Waals surface area contributed by atoms with E-state index in [2.05, 4.69) is 37.5 Å². The smallest absolute Gasteiger partial charge is 0.0302 e. The Morgan fingerprint density at radius 3 is 2.65 bits per heavy atom. The molecule has 0 saturated heterocycles. The fourth-order valence-corrected chi connectivity index (χ4v) is 6.71. The van der Waals surface area contributed by atoms with Crippen molar-refractivity contribution in [1.29, 1.82) is 0 Å². The molecule has 0 unspecified atom stereocenters. The molecular formula is C21H33NS. The second-order valence-electron chi connectivity index (χ2n) is 9.12. The van der Waals surface area contributed by atoms with Gasteiger partial charge in [0.15, 0.2) is 0 Å². The van der Waals surface area contributed by atoms with E-state index >= 15 is 0 Å². The van der Waals surface area contributed by atoms with Crippen molar-refractivity contribution in [2.24, 2.45) is 23.2 Å². The maximum Gasteiger partial charge on any atom is 0.0302 e. The Balaban J connectivity index is 1.32. The van der Waals surface area contributed by atoms with Gasteiger partial charge < -0.3 is 5.32 Å². The summed E-state index contributed by atoms with van der Waals surface area (Å²) in [6.07, 6.45) is 10.0. The van der Waals surface area contributed by atoms with E-state index in [4.69, 9.17) is 0 Å². The molecule has 0 amide bonds. The van der Waals surface area contributed by atoms with Crippen molar-refractivity contribution in [3.8, 4) is 0 Å². The average molecular weight is 332 g/mol. The molecule has 1 aromatic rings. The van der Waals surface area contributed by atoms with Crippen LogP contribution in [0.1, 0.15) is 82.1 Å². The number of nitrogens with one attached hydrogen (secondary N) is 1. The SMILES string of the molecule is C[C@H]1[C@H](NCc2cc(C3CCCCC3)cs2)C[C@H]2C[C@@H]1C2(C)C. The van der Waals surface area contributed by atoms with Crippen LogP contribution in [0.2, 0.25) is 0 Å². The first kappa shape index (κ1) is 16.1. The molecule has 1 nitrogen and oxygen atoms in total. The minimum Gasteiger partial charge on any atom is -0.309 e. The molecule has 4 aliphatic rings. The Hall–Kier alpha value is -0.340. The van der Waals surface area contributed by atoms with E-state index in [0.29, 0.717) is 5.41 Å². The van der Waals surface area contributed by atoms with Gasteiger partial charge in [-0.2, -0.15) is 0 Å². The van der Waals surface area contributed by atoms with Gasteiger partial charge in [-0.1, -0.05) is 40.0 Å². The minimum absolute atomic E-state index is 0.606. The van der Waals surface area contributed by atoms with E-state index in [1.165, 1.54) is 44.9 Å². The molecule has 0 spiro atoms. The molecule has 1 N–H and O–H groups in total. The largest absolute Gasteiger partial charge is 0.309 e. The standard InChI is InChI=1S/C21H33NS/c1-14-19-10-17(21(19,2)3)11-20(14)22-12-18-9-16(13-23-18)15-7-5-4-6-8-15/h9,13-15,17,19-20,22H,4-8,10-12H2,1-3H3/t14-,17-,19+,20-/m1/s1. The van der Waals surface area contributed by atoms with Gasteiger partial charge >= 0.3 is 0 Å². The van der Waals surface area contributed by atoms with Crippen LogP contribution in [0.3, 0.4) is 0 Å². The van der Waals surface area contributed by atoms with Crippen molar-refractivity contribution in [3.63, 3.8) is 0 Å². The summed E-state index contributed by atoms with van der Waals surface area (Å²) < 4.78 is 0. The molecule has 1 heterocycles. The van der Waals surface area contributed by atoms with E-state index in [-0.39, 0.29) is 0 Å². The molecule has 2 heteroatoms. The van der Waals surface area contributed by atoms with Crippen molar-refractivity contribution >= 4 is 11.3 Å². The molecule has 23 heavy (non-hydrogen) atoms. The molecule has 128 valence electrons.